The summed E-state index contributed by atoms with van der Waals surface area (Å²) in [6.45, 7) is 0. The summed E-state index contributed by atoms with van der Waals surface area (Å²) in [6.07, 6.45) is 0. The highest BCUT2D eigenvalue weighted by atomic mass is 16.3. The van der Waals surface area contributed by atoms with Crippen LogP contribution in [-0.2, 0) is 0 Å². The van der Waals surface area contributed by atoms with Crippen LogP contribution in [0.5, 0.6) is 0 Å². The highest BCUT2D eigenvalue weighted by Gasteiger charge is 2.21. The van der Waals surface area contributed by atoms with Gasteiger partial charge in [0.05, 0.1) is 11.0 Å². The first kappa shape index (κ1) is 24.3. The summed E-state index contributed by atoms with van der Waals surface area (Å²) in [5.41, 5.74) is 10.0. The summed E-state index contributed by atoms with van der Waals surface area (Å²) in [5.74, 6) is 0.668. The van der Waals surface area contributed by atoms with E-state index in [1.807, 2.05) is 60.7 Å². The van der Waals surface area contributed by atoms with Gasteiger partial charge in [-0.1, -0.05) is 91.0 Å². The Morgan fingerprint density at radius 3 is 2.04 bits per heavy atom. The molecule has 0 atom stereocenters. The van der Waals surface area contributed by atoms with Gasteiger partial charge in [0, 0.05) is 43.7 Å². The van der Waals surface area contributed by atoms with Gasteiger partial charge in [0.25, 0.3) is 0 Å². The quantitative estimate of drug-likeness (QED) is 0.210. The topological polar surface area (TPSA) is 57.0 Å². The zero-order valence-electron chi connectivity index (χ0n) is 23.9. The second-order valence-electron chi connectivity index (χ2n) is 11.4. The van der Waals surface area contributed by atoms with Crippen molar-refractivity contribution < 1.29 is 8.83 Å². The lowest BCUT2D eigenvalue weighted by atomic mass is 10.1. The Labute approximate surface area is 256 Å². The molecule has 0 aliphatic heterocycles. The Kier molecular flexibility index (Phi) is 4.93. The van der Waals surface area contributed by atoms with Crippen molar-refractivity contribution in [3.8, 4) is 28.3 Å². The molecule has 0 radical (unpaired) electrons. The van der Waals surface area contributed by atoms with Crippen LogP contribution < -0.4 is 0 Å². The highest BCUT2D eigenvalue weighted by Crippen LogP contribution is 2.42. The summed E-state index contributed by atoms with van der Waals surface area (Å²) in [4.78, 5) is 10.1. The molecule has 0 bridgehead atoms. The van der Waals surface area contributed by atoms with Crippen molar-refractivity contribution in [2.24, 2.45) is 0 Å². The molecule has 0 unspecified atom stereocenters. The van der Waals surface area contributed by atoms with Gasteiger partial charge in [-0.3, -0.25) is 0 Å². The molecule has 210 valence electrons. The predicted molar refractivity (Wildman–Crippen MR) is 182 cm³/mol. The van der Waals surface area contributed by atoms with E-state index in [0.717, 1.165) is 72.0 Å². The number of aromatic nitrogens is 3. The van der Waals surface area contributed by atoms with Crippen molar-refractivity contribution in [1.29, 1.82) is 0 Å². The maximum absolute atomic E-state index is 6.44. The molecule has 10 aromatic rings. The van der Waals surface area contributed by atoms with Crippen LogP contribution in [0.15, 0.2) is 148 Å². The molecule has 4 aromatic heterocycles. The average molecular weight is 578 g/mol. The smallest absolute Gasteiger partial charge is 0.180 e. The van der Waals surface area contributed by atoms with Crippen LogP contribution in [0, 0.1) is 0 Å². The Morgan fingerprint density at radius 1 is 0.467 bits per heavy atom. The summed E-state index contributed by atoms with van der Waals surface area (Å²) < 4.78 is 15.1. The van der Waals surface area contributed by atoms with E-state index in [0.29, 0.717) is 11.4 Å². The zero-order valence-corrected chi connectivity index (χ0v) is 23.9. The largest absolute Gasteiger partial charge is 0.456 e. The third kappa shape index (κ3) is 3.49. The summed E-state index contributed by atoms with van der Waals surface area (Å²) in [5, 5.41) is 5.61. The third-order valence-corrected chi connectivity index (χ3v) is 8.81. The normalized spacial score (nSPS) is 12.0. The second-order valence-corrected chi connectivity index (χ2v) is 11.4. The minimum Gasteiger partial charge on any atom is -0.456 e. The number of furan rings is 2. The molecular formula is C40H23N3O2. The standard InChI is InChI=1S/C40H23N3O2/c1-2-11-24(12-3-1)40-41-37(39-38(42-40)29-17-6-9-20-33(29)45-39)25-13-10-14-26(23-25)43-30-18-7-4-15-27(30)35-31(43)21-22-34-36(35)28-16-5-8-19-32(28)44-34/h1-23H. The second kappa shape index (κ2) is 9.15. The number of hydrogen-bond acceptors (Lipinski definition) is 4. The van der Waals surface area contributed by atoms with E-state index in [9.17, 15) is 0 Å². The fraction of sp³-hybridized carbons (Fsp3) is 0. The number of rotatable bonds is 3. The minimum absolute atomic E-state index is 0.668. The Hall–Kier alpha value is -6.20. The Balaban J connectivity index is 1.26. The number of hydrogen-bond donors (Lipinski definition) is 0. The van der Waals surface area contributed by atoms with Crippen molar-refractivity contribution in [3.05, 3.63) is 140 Å². The number of nitrogens with zero attached hydrogens (tertiary/aromatic N) is 3. The minimum atomic E-state index is 0.668. The fourth-order valence-corrected chi connectivity index (χ4v) is 6.85. The van der Waals surface area contributed by atoms with Crippen molar-refractivity contribution >= 4 is 65.8 Å². The molecule has 6 aromatic carbocycles. The molecule has 5 nitrogen and oxygen atoms in total. The zero-order chi connectivity index (χ0) is 29.5. The monoisotopic (exact) mass is 577 g/mol. The maximum atomic E-state index is 6.44. The molecule has 5 heteroatoms. The Bertz CT molecular complexity index is 2770. The van der Waals surface area contributed by atoms with Crippen molar-refractivity contribution in [1.82, 2.24) is 14.5 Å². The summed E-state index contributed by atoms with van der Waals surface area (Å²) >= 11 is 0. The number of fused-ring (bicyclic) bond motifs is 10. The van der Waals surface area contributed by atoms with Crippen LogP contribution in [0.4, 0.5) is 0 Å². The molecule has 0 fully saturated rings. The molecule has 0 saturated heterocycles. The Morgan fingerprint density at radius 2 is 1.18 bits per heavy atom. The molecule has 0 N–H and O–H groups in total. The molecule has 0 aliphatic rings. The lowest BCUT2D eigenvalue weighted by Gasteiger charge is -2.11. The summed E-state index contributed by atoms with van der Waals surface area (Å²) in [6, 6.07) is 47.8. The number of benzene rings is 6. The molecule has 0 aliphatic carbocycles. The molecule has 0 saturated carbocycles. The van der Waals surface area contributed by atoms with E-state index in [4.69, 9.17) is 18.8 Å². The van der Waals surface area contributed by atoms with Gasteiger partial charge in [0.15, 0.2) is 11.4 Å². The van der Waals surface area contributed by atoms with E-state index < -0.39 is 0 Å². The number of para-hydroxylation sites is 3. The summed E-state index contributed by atoms with van der Waals surface area (Å²) in [7, 11) is 0. The van der Waals surface area contributed by atoms with Crippen LogP contribution in [0.2, 0.25) is 0 Å². The lowest BCUT2D eigenvalue weighted by Crippen LogP contribution is -1.97. The third-order valence-electron chi connectivity index (χ3n) is 8.81. The van der Waals surface area contributed by atoms with Gasteiger partial charge < -0.3 is 13.4 Å². The first-order chi connectivity index (χ1) is 22.3. The molecular weight excluding hydrogens is 554 g/mol. The van der Waals surface area contributed by atoms with Crippen LogP contribution >= 0.6 is 0 Å². The average Bonchev–Trinajstić information content (AvgIpc) is 3.77. The van der Waals surface area contributed by atoms with Crippen LogP contribution in [0.25, 0.3) is 94.1 Å². The lowest BCUT2D eigenvalue weighted by molar-refractivity contribution is 0.667. The molecule has 0 amide bonds. The van der Waals surface area contributed by atoms with Crippen molar-refractivity contribution in [2.75, 3.05) is 0 Å². The van der Waals surface area contributed by atoms with Crippen molar-refractivity contribution in [2.45, 2.75) is 0 Å². The van der Waals surface area contributed by atoms with Gasteiger partial charge in [0.1, 0.15) is 28.0 Å². The van der Waals surface area contributed by atoms with Gasteiger partial charge in [-0.2, -0.15) is 0 Å². The van der Waals surface area contributed by atoms with E-state index in [1.54, 1.807) is 0 Å². The maximum Gasteiger partial charge on any atom is 0.180 e. The molecule has 4 heterocycles. The van der Waals surface area contributed by atoms with Crippen LogP contribution in [-0.4, -0.2) is 14.5 Å². The molecule has 45 heavy (non-hydrogen) atoms. The van der Waals surface area contributed by atoms with Gasteiger partial charge in [-0.05, 0) is 48.5 Å². The van der Waals surface area contributed by atoms with Gasteiger partial charge in [-0.15, -0.1) is 0 Å². The predicted octanol–water partition coefficient (Wildman–Crippen LogP) is 10.7. The fourth-order valence-electron chi connectivity index (χ4n) is 6.85. The first-order valence-electron chi connectivity index (χ1n) is 15.0. The van der Waals surface area contributed by atoms with Crippen molar-refractivity contribution in [3.63, 3.8) is 0 Å². The first-order valence-corrected chi connectivity index (χ1v) is 15.0. The van der Waals surface area contributed by atoms with E-state index >= 15 is 0 Å². The molecule has 0 spiro atoms. The van der Waals surface area contributed by atoms with Crippen LogP contribution in [0.1, 0.15) is 0 Å². The van der Waals surface area contributed by atoms with E-state index in [1.165, 1.54) is 10.8 Å². The van der Waals surface area contributed by atoms with Gasteiger partial charge >= 0.3 is 0 Å². The van der Waals surface area contributed by atoms with Gasteiger partial charge in [0.2, 0.25) is 0 Å². The van der Waals surface area contributed by atoms with E-state index in [-0.39, 0.29) is 0 Å². The highest BCUT2D eigenvalue weighted by molar-refractivity contribution is 6.27. The SMILES string of the molecule is c1ccc(-c2nc(-c3cccc(-n4c5ccccc5c5c6c(ccc54)oc4ccccc46)c3)c3oc4ccccc4c3n2)cc1. The van der Waals surface area contributed by atoms with Gasteiger partial charge in [-0.25, -0.2) is 9.97 Å². The molecule has 10 rings (SSSR count). The van der Waals surface area contributed by atoms with Crippen LogP contribution in [0.3, 0.4) is 0 Å². The van der Waals surface area contributed by atoms with E-state index in [2.05, 4.69) is 83.4 Å².